The normalized spacial score (nSPS) is 10.9. The molecule has 0 saturated heterocycles. The quantitative estimate of drug-likeness (QED) is 0.645. The van der Waals surface area contributed by atoms with Gasteiger partial charge in [-0.2, -0.15) is 0 Å². The number of benzene rings is 2. The van der Waals surface area contributed by atoms with Gasteiger partial charge in [0.15, 0.2) is 0 Å². The fourth-order valence-electron chi connectivity index (χ4n) is 2.73. The Labute approximate surface area is 152 Å². The second-order valence-electron chi connectivity index (χ2n) is 6.28. The maximum Gasteiger partial charge on any atom is 0.228 e. The van der Waals surface area contributed by atoms with Crippen LogP contribution in [0.5, 0.6) is 5.75 Å². The number of ether oxygens (including phenoxy) is 2. The van der Waals surface area contributed by atoms with Gasteiger partial charge < -0.3 is 19.2 Å². The van der Waals surface area contributed by atoms with E-state index in [1.165, 1.54) is 11.1 Å². The number of fused-ring (bicyclic) bond motifs is 1. The number of rotatable bonds is 7. The Kier molecular flexibility index (Phi) is 5.58. The number of nitrogens with one attached hydrogen (secondary N) is 1. The topological polar surface area (TPSA) is 60.7 Å². The molecule has 0 radical (unpaired) electrons. The Morgan fingerprint density at radius 1 is 1.08 bits per heavy atom. The predicted octanol–water partition coefficient (Wildman–Crippen LogP) is 4.26. The molecule has 3 aromatic rings. The Morgan fingerprint density at radius 2 is 1.81 bits per heavy atom. The zero-order valence-corrected chi connectivity index (χ0v) is 15.3. The average Bonchev–Trinajstić information content (AvgIpc) is 2.99. The number of anilines is 1. The van der Waals surface area contributed by atoms with Crippen LogP contribution in [0.25, 0.3) is 11.0 Å². The van der Waals surface area contributed by atoms with Crippen LogP contribution >= 0.6 is 0 Å². The summed E-state index contributed by atoms with van der Waals surface area (Å²) in [4.78, 5) is 12.4. The highest BCUT2D eigenvalue weighted by Crippen LogP contribution is 2.25. The third kappa shape index (κ3) is 4.24. The van der Waals surface area contributed by atoms with Crippen LogP contribution in [-0.4, -0.2) is 26.2 Å². The molecule has 26 heavy (non-hydrogen) atoms. The minimum Gasteiger partial charge on any atom is -0.491 e. The van der Waals surface area contributed by atoms with E-state index in [4.69, 9.17) is 13.9 Å². The number of amides is 1. The van der Waals surface area contributed by atoms with Crippen LogP contribution in [0, 0.1) is 13.8 Å². The number of hydrogen-bond donors (Lipinski definition) is 1. The van der Waals surface area contributed by atoms with Crippen molar-refractivity contribution in [2.24, 2.45) is 0 Å². The number of methoxy groups -OCH3 is 1. The molecule has 0 aliphatic heterocycles. The number of hydrogen-bond acceptors (Lipinski definition) is 4. The van der Waals surface area contributed by atoms with Crippen LogP contribution in [0.4, 0.5) is 5.69 Å². The Balaban J connectivity index is 1.63. The first-order valence-corrected chi connectivity index (χ1v) is 8.56. The molecule has 0 fully saturated rings. The zero-order chi connectivity index (χ0) is 18.5. The second kappa shape index (κ2) is 8.06. The Morgan fingerprint density at radius 3 is 2.54 bits per heavy atom. The number of carbonyl (C=O) groups excluding carboxylic acids is 1. The van der Waals surface area contributed by atoms with Gasteiger partial charge in [0, 0.05) is 23.7 Å². The smallest absolute Gasteiger partial charge is 0.228 e. The molecule has 0 spiro atoms. The van der Waals surface area contributed by atoms with E-state index in [9.17, 15) is 4.79 Å². The lowest BCUT2D eigenvalue weighted by atomic mass is 10.0. The molecular weight excluding hydrogens is 330 g/mol. The number of aryl methyl sites for hydroxylation is 2. The molecule has 0 aliphatic rings. The van der Waals surface area contributed by atoms with Gasteiger partial charge in [0.05, 0.1) is 19.3 Å². The lowest BCUT2D eigenvalue weighted by molar-refractivity contribution is -0.115. The van der Waals surface area contributed by atoms with Gasteiger partial charge in [-0.1, -0.05) is 0 Å². The zero-order valence-electron chi connectivity index (χ0n) is 15.3. The van der Waals surface area contributed by atoms with Gasteiger partial charge in [0.25, 0.3) is 0 Å². The summed E-state index contributed by atoms with van der Waals surface area (Å²) in [6.45, 7) is 5.14. The highest BCUT2D eigenvalue weighted by molar-refractivity contribution is 5.95. The third-order valence-electron chi connectivity index (χ3n) is 4.32. The fourth-order valence-corrected chi connectivity index (χ4v) is 2.73. The molecule has 1 N–H and O–H groups in total. The van der Waals surface area contributed by atoms with Crippen LogP contribution in [-0.2, 0) is 16.0 Å². The van der Waals surface area contributed by atoms with E-state index >= 15 is 0 Å². The van der Waals surface area contributed by atoms with E-state index in [2.05, 4.69) is 18.3 Å². The maximum absolute atomic E-state index is 12.4. The summed E-state index contributed by atoms with van der Waals surface area (Å²) >= 11 is 0. The molecule has 2 aromatic carbocycles. The van der Waals surface area contributed by atoms with Crippen molar-refractivity contribution in [3.63, 3.8) is 0 Å². The van der Waals surface area contributed by atoms with Crippen LogP contribution in [0.1, 0.15) is 16.7 Å². The lowest BCUT2D eigenvalue weighted by Gasteiger charge is -2.08. The van der Waals surface area contributed by atoms with Gasteiger partial charge >= 0.3 is 0 Å². The first-order chi connectivity index (χ1) is 12.6. The molecule has 0 unspecified atom stereocenters. The van der Waals surface area contributed by atoms with Crippen molar-refractivity contribution in [2.45, 2.75) is 20.3 Å². The van der Waals surface area contributed by atoms with E-state index < -0.39 is 0 Å². The van der Waals surface area contributed by atoms with Crippen LogP contribution in [0.2, 0.25) is 0 Å². The summed E-state index contributed by atoms with van der Waals surface area (Å²) in [5.41, 5.74) is 4.79. The number of carbonyl (C=O) groups is 1. The SMILES string of the molecule is COCCOc1ccc(NC(=O)Cc2coc3cc(C)c(C)cc23)cc1. The molecule has 0 bridgehead atoms. The van der Waals surface area contributed by atoms with E-state index in [0.717, 1.165) is 28.0 Å². The molecular formula is C21H23NO4. The molecule has 3 rings (SSSR count). The van der Waals surface area contributed by atoms with Crippen LogP contribution in [0.15, 0.2) is 47.1 Å². The van der Waals surface area contributed by atoms with Gasteiger partial charge in [-0.15, -0.1) is 0 Å². The molecule has 1 amide bonds. The molecule has 136 valence electrons. The van der Waals surface area contributed by atoms with Crippen molar-refractivity contribution in [3.8, 4) is 5.75 Å². The van der Waals surface area contributed by atoms with Gasteiger partial charge in [-0.3, -0.25) is 4.79 Å². The highest BCUT2D eigenvalue weighted by atomic mass is 16.5. The number of furan rings is 1. The minimum absolute atomic E-state index is 0.0843. The molecule has 5 heteroatoms. The Bertz CT molecular complexity index is 896. The Hall–Kier alpha value is -2.79. The summed E-state index contributed by atoms with van der Waals surface area (Å²) in [5.74, 6) is 0.658. The molecule has 1 aromatic heterocycles. The largest absolute Gasteiger partial charge is 0.491 e. The van der Waals surface area contributed by atoms with Crippen molar-refractivity contribution in [3.05, 3.63) is 59.4 Å². The van der Waals surface area contributed by atoms with Gasteiger partial charge in [0.2, 0.25) is 5.91 Å². The highest BCUT2D eigenvalue weighted by Gasteiger charge is 2.12. The first kappa shape index (κ1) is 18.0. The van der Waals surface area contributed by atoms with E-state index in [1.54, 1.807) is 13.4 Å². The standard InChI is InChI=1S/C21H23NO4/c1-14-10-19-16(13-26-20(19)11-15(14)2)12-21(23)22-17-4-6-18(7-5-17)25-9-8-24-3/h4-7,10-11,13H,8-9,12H2,1-3H3,(H,22,23). The van der Waals surface area contributed by atoms with Gasteiger partial charge in [-0.05, 0) is 61.4 Å². The predicted molar refractivity (Wildman–Crippen MR) is 102 cm³/mol. The summed E-state index contributed by atoms with van der Waals surface area (Å²) in [5, 5.41) is 3.90. The van der Waals surface area contributed by atoms with E-state index in [-0.39, 0.29) is 12.3 Å². The van der Waals surface area contributed by atoms with Crippen molar-refractivity contribution < 1.29 is 18.7 Å². The summed E-state index contributed by atoms with van der Waals surface area (Å²) in [6.07, 6.45) is 1.93. The lowest BCUT2D eigenvalue weighted by Crippen LogP contribution is -2.14. The second-order valence-corrected chi connectivity index (χ2v) is 6.28. The summed E-state index contributed by atoms with van der Waals surface area (Å²) in [7, 11) is 1.63. The monoisotopic (exact) mass is 353 g/mol. The molecule has 0 saturated carbocycles. The molecule has 5 nitrogen and oxygen atoms in total. The average molecular weight is 353 g/mol. The molecule has 0 atom stereocenters. The van der Waals surface area contributed by atoms with Crippen molar-refractivity contribution in [1.82, 2.24) is 0 Å². The fraction of sp³-hybridized carbons (Fsp3) is 0.286. The van der Waals surface area contributed by atoms with Gasteiger partial charge in [0.1, 0.15) is 17.9 Å². The van der Waals surface area contributed by atoms with E-state index in [0.29, 0.717) is 13.2 Å². The first-order valence-electron chi connectivity index (χ1n) is 8.56. The molecule has 0 aliphatic carbocycles. The van der Waals surface area contributed by atoms with Crippen LogP contribution in [0.3, 0.4) is 0 Å². The van der Waals surface area contributed by atoms with Crippen molar-refractivity contribution >= 4 is 22.6 Å². The molecule has 1 heterocycles. The van der Waals surface area contributed by atoms with E-state index in [1.807, 2.05) is 37.3 Å². The summed E-state index contributed by atoms with van der Waals surface area (Å²) < 4.78 is 16.0. The van der Waals surface area contributed by atoms with Crippen LogP contribution < -0.4 is 10.1 Å². The third-order valence-corrected chi connectivity index (χ3v) is 4.32. The van der Waals surface area contributed by atoms with Crippen molar-refractivity contribution in [2.75, 3.05) is 25.6 Å². The minimum atomic E-state index is -0.0843. The van der Waals surface area contributed by atoms with Crippen molar-refractivity contribution in [1.29, 1.82) is 0 Å². The van der Waals surface area contributed by atoms with Gasteiger partial charge in [-0.25, -0.2) is 0 Å². The summed E-state index contributed by atoms with van der Waals surface area (Å²) in [6, 6.07) is 11.4. The maximum atomic E-state index is 12.4.